The molecule has 1 aromatic carbocycles. The minimum absolute atomic E-state index is 0.0181. The summed E-state index contributed by atoms with van der Waals surface area (Å²) in [5, 5.41) is 3.64. The van der Waals surface area contributed by atoms with Gasteiger partial charge in [0.05, 0.1) is 31.4 Å². The normalized spacial score (nSPS) is 16.2. The number of amides is 1. The molecule has 2 aromatic rings. The zero-order valence-corrected chi connectivity index (χ0v) is 42.1. The van der Waals surface area contributed by atoms with E-state index >= 15 is 0 Å². The minimum atomic E-state index is -0.0881. The first-order valence-corrected chi connectivity index (χ1v) is 23.7. The number of piperazine rings is 1. The summed E-state index contributed by atoms with van der Waals surface area (Å²) in [4.78, 5) is 65.3. The van der Waals surface area contributed by atoms with E-state index < -0.39 is 0 Å². The number of Topliss-reactive ketones (excluding diaryl/α,β-unsaturated/α-hetero) is 4. The van der Waals surface area contributed by atoms with Crippen LogP contribution in [0, 0.1) is 35.5 Å². The molecule has 12 heteroatoms. The topological polar surface area (TPSA) is 140 Å². The smallest absolute Gasteiger partial charge is 0.255 e. The van der Waals surface area contributed by atoms with Crippen LogP contribution < -0.4 is 9.47 Å². The van der Waals surface area contributed by atoms with Crippen LogP contribution in [-0.4, -0.2) is 113 Å². The number of benzene rings is 1. The molecule has 0 saturated carbocycles. The number of hydrogen-bond acceptors (Lipinski definition) is 11. The Bertz CT molecular complexity index is 1640. The quantitative estimate of drug-likeness (QED) is 0.132. The summed E-state index contributed by atoms with van der Waals surface area (Å²) >= 11 is 0. The van der Waals surface area contributed by atoms with Crippen molar-refractivity contribution in [1.29, 1.82) is 0 Å². The molecule has 0 bridgehead atoms. The van der Waals surface area contributed by atoms with Crippen molar-refractivity contribution in [3.05, 3.63) is 41.7 Å². The second-order valence-corrected chi connectivity index (χ2v) is 19.6. The van der Waals surface area contributed by atoms with Crippen LogP contribution in [0.3, 0.4) is 0 Å². The molecule has 2 aliphatic rings. The highest BCUT2D eigenvalue weighted by molar-refractivity contribution is 5.95. The van der Waals surface area contributed by atoms with E-state index in [4.69, 9.17) is 14.0 Å². The molecule has 1 aromatic heterocycles. The van der Waals surface area contributed by atoms with E-state index in [-0.39, 0.29) is 70.8 Å². The molecule has 0 unspecified atom stereocenters. The fourth-order valence-corrected chi connectivity index (χ4v) is 6.66. The molecule has 4 rings (SSSR count). The summed E-state index contributed by atoms with van der Waals surface area (Å²) in [6, 6.07) is 9.91. The van der Waals surface area contributed by atoms with Gasteiger partial charge in [-0.15, -0.1) is 0 Å². The van der Waals surface area contributed by atoms with Crippen LogP contribution in [0.25, 0.3) is 0 Å². The maximum Gasteiger partial charge on any atom is 0.255 e. The van der Waals surface area contributed by atoms with Gasteiger partial charge in [0.15, 0.2) is 5.78 Å². The third kappa shape index (κ3) is 23.6. The average molecular weight is 883 g/mol. The number of ketones is 4. The molecule has 2 aliphatic heterocycles. The van der Waals surface area contributed by atoms with Gasteiger partial charge in [-0.25, -0.2) is 0 Å². The van der Waals surface area contributed by atoms with E-state index in [0.717, 1.165) is 69.7 Å². The van der Waals surface area contributed by atoms with Gasteiger partial charge in [-0.1, -0.05) is 87.8 Å². The maximum absolute atomic E-state index is 12.4. The number of nitrogens with zero attached hydrogens (tertiary/aromatic N) is 4. The molecule has 63 heavy (non-hydrogen) atoms. The third-order valence-corrected chi connectivity index (χ3v) is 10.7. The van der Waals surface area contributed by atoms with E-state index in [9.17, 15) is 24.0 Å². The second kappa shape index (κ2) is 29.5. The number of rotatable bonds is 18. The Morgan fingerprint density at radius 2 is 1.21 bits per heavy atom. The van der Waals surface area contributed by atoms with Crippen LogP contribution in [0.5, 0.6) is 11.6 Å². The first kappa shape index (κ1) is 57.1. The standard InChI is InChI=1S/C15H27NO2.C14H20O2.C12H24N2O.C10H15NO3/c1-11(2)9-13-7-5-6-8-16(15(13)18)10-14(17)12(3)4;1-10(2)14(15)9-12-5-7-13(8-6-12)16-11(3)4;1-10(2)12(15)9-13-5-7-14(8-6-13)11(3)4;1-6(2)10(12)8-5-9(11-14-8)13-7(3)4/h11-13H,5-10H2,1-4H3;5-8,10-11H,9H2,1-4H3;10-11H,5-9H2,1-4H3;5-7H,1-4H3/t13-;;;/m1.../s1. The van der Waals surface area contributed by atoms with Crippen molar-refractivity contribution < 1.29 is 38.0 Å². The Balaban J connectivity index is 0.000000422. The molecular formula is C51H86N4O8. The fourth-order valence-electron chi connectivity index (χ4n) is 6.66. The predicted molar refractivity (Wildman–Crippen MR) is 253 cm³/mol. The monoisotopic (exact) mass is 883 g/mol. The van der Waals surface area contributed by atoms with Gasteiger partial charge in [-0.2, -0.15) is 0 Å². The van der Waals surface area contributed by atoms with Crippen molar-refractivity contribution in [2.24, 2.45) is 35.5 Å². The van der Waals surface area contributed by atoms with Crippen LogP contribution in [0.15, 0.2) is 34.9 Å². The van der Waals surface area contributed by atoms with E-state index in [0.29, 0.717) is 43.1 Å². The Labute approximate surface area is 381 Å². The van der Waals surface area contributed by atoms with Gasteiger partial charge in [-0.3, -0.25) is 33.8 Å². The molecule has 1 amide bonds. The molecule has 0 aliphatic carbocycles. The highest BCUT2D eigenvalue weighted by atomic mass is 16.5. The molecule has 2 fully saturated rings. The summed E-state index contributed by atoms with van der Waals surface area (Å²) < 4.78 is 15.7. The number of carbonyl (C=O) groups excluding carboxylic acids is 5. The molecule has 0 radical (unpaired) electrons. The molecular weight excluding hydrogens is 797 g/mol. The van der Waals surface area contributed by atoms with Crippen LogP contribution in [0.1, 0.15) is 153 Å². The zero-order chi connectivity index (χ0) is 48.0. The Hall–Kier alpha value is -3.90. The van der Waals surface area contributed by atoms with Crippen molar-refractivity contribution in [1.82, 2.24) is 19.9 Å². The van der Waals surface area contributed by atoms with Gasteiger partial charge < -0.3 is 18.9 Å². The molecule has 12 nitrogen and oxygen atoms in total. The van der Waals surface area contributed by atoms with Gasteiger partial charge in [0, 0.05) is 74.8 Å². The lowest BCUT2D eigenvalue weighted by Gasteiger charge is -2.36. The third-order valence-electron chi connectivity index (χ3n) is 10.7. The summed E-state index contributed by atoms with van der Waals surface area (Å²) in [6.45, 7) is 37.8. The second-order valence-electron chi connectivity index (χ2n) is 19.6. The number of aromatic nitrogens is 1. The lowest BCUT2D eigenvalue weighted by molar-refractivity contribution is -0.139. The van der Waals surface area contributed by atoms with Gasteiger partial charge in [0.1, 0.15) is 17.3 Å². The Kier molecular flexibility index (Phi) is 26.8. The molecule has 3 heterocycles. The Morgan fingerprint density at radius 1 is 0.667 bits per heavy atom. The fraction of sp³-hybridized carbons (Fsp3) is 0.725. The van der Waals surface area contributed by atoms with Crippen molar-refractivity contribution in [3.8, 4) is 11.6 Å². The minimum Gasteiger partial charge on any atom is -0.491 e. The summed E-state index contributed by atoms with van der Waals surface area (Å²) in [7, 11) is 0. The van der Waals surface area contributed by atoms with Crippen LogP contribution >= 0.6 is 0 Å². The Morgan fingerprint density at radius 3 is 1.68 bits per heavy atom. The SMILES string of the molecule is CC(C)C(=O)CN1CCN(C(C)C)CC1.CC(C)C[C@H]1CCCCN(CC(=O)C(C)C)C1=O.CC(C)Oc1cc(C(=O)C(C)C)on1.CC(C)Oc1ccc(CC(=O)C(C)C)cc1. The van der Waals surface area contributed by atoms with E-state index in [2.05, 4.69) is 42.7 Å². The van der Waals surface area contributed by atoms with Crippen molar-refractivity contribution in [3.63, 3.8) is 0 Å². The van der Waals surface area contributed by atoms with Crippen molar-refractivity contribution >= 4 is 29.0 Å². The molecule has 0 spiro atoms. The summed E-state index contributed by atoms with van der Waals surface area (Å²) in [6.07, 6.45) is 4.81. The van der Waals surface area contributed by atoms with Crippen LogP contribution in [0.4, 0.5) is 0 Å². The van der Waals surface area contributed by atoms with Crippen LogP contribution in [0.2, 0.25) is 0 Å². The molecule has 0 N–H and O–H groups in total. The zero-order valence-electron chi connectivity index (χ0n) is 42.1. The maximum atomic E-state index is 12.4. The number of carbonyl (C=O) groups is 5. The molecule has 358 valence electrons. The number of likely N-dealkylation sites (tertiary alicyclic amines) is 1. The highest BCUT2D eigenvalue weighted by Crippen LogP contribution is 2.24. The first-order valence-electron chi connectivity index (χ1n) is 23.7. The average Bonchev–Trinajstić information content (AvgIpc) is 3.59. The van der Waals surface area contributed by atoms with Crippen molar-refractivity contribution in [2.75, 3.05) is 45.8 Å². The highest BCUT2D eigenvalue weighted by Gasteiger charge is 2.29. The van der Waals surface area contributed by atoms with E-state index in [1.54, 1.807) is 4.90 Å². The number of hydrogen-bond donors (Lipinski definition) is 0. The largest absolute Gasteiger partial charge is 0.491 e. The summed E-state index contributed by atoms with van der Waals surface area (Å²) in [5.41, 5.74) is 1.05. The van der Waals surface area contributed by atoms with Gasteiger partial charge in [0.2, 0.25) is 17.5 Å². The van der Waals surface area contributed by atoms with Gasteiger partial charge in [0.25, 0.3) is 5.88 Å². The first-order chi connectivity index (χ1) is 29.4. The predicted octanol–water partition coefficient (Wildman–Crippen LogP) is 9.67. The molecule has 2 saturated heterocycles. The summed E-state index contributed by atoms with van der Waals surface area (Å²) in [5.74, 6) is 3.33. The van der Waals surface area contributed by atoms with Crippen LogP contribution in [-0.2, 0) is 25.6 Å². The lowest BCUT2D eigenvalue weighted by atomic mass is 9.92. The van der Waals surface area contributed by atoms with E-state index in [1.807, 2.05) is 107 Å². The number of ether oxygens (including phenoxy) is 2. The molecule has 1 atom stereocenters. The van der Waals surface area contributed by atoms with E-state index in [1.165, 1.54) is 6.07 Å². The lowest BCUT2D eigenvalue weighted by Crippen LogP contribution is -2.50. The van der Waals surface area contributed by atoms with Gasteiger partial charge in [-0.05, 0) is 89.6 Å². The van der Waals surface area contributed by atoms with Gasteiger partial charge >= 0.3 is 0 Å². The van der Waals surface area contributed by atoms with Crippen molar-refractivity contribution in [2.45, 2.75) is 161 Å².